The molecule has 2 nitrogen and oxygen atoms in total. The first-order valence-corrected chi connectivity index (χ1v) is 5.90. The Balaban J connectivity index is 2.54. The third-order valence-corrected chi connectivity index (χ3v) is 3.42. The van der Waals surface area contributed by atoms with Gasteiger partial charge in [0.05, 0.1) is 17.4 Å². The zero-order valence-electron chi connectivity index (χ0n) is 10.9. The summed E-state index contributed by atoms with van der Waals surface area (Å²) in [5.41, 5.74) is 9.69. The SMILES string of the molecule is Cc1cccc(C(C)(N)c2ccc(F)cn2)c1C. The second-order valence-corrected chi connectivity index (χ2v) is 4.81. The lowest BCUT2D eigenvalue weighted by Gasteiger charge is -2.27. The number of nitrogens with two attached hydrogens (primary N) is 1. The van der Waals surface area contributed by atoms with Crippen LogP contribution < -0.4 is 5.73 Å². The first-order valence-electron chi connectivity index (χ1n) is 5.90. The highest BCUT2D eigenvalue weighted by Gasteiger charge is 2.27. The second kappa shape index (κ2) is 4.50. The fourth-order valence-corrected chi connectivity index (χ4v) is 2.13. The summed E-state index contributed by atoms with van der Waals surface area (Å²) >= 11 is 0. The minimum Gasteiger partial charge on any atom is -0.317 e. The van der Waals surface area contributed by atoms with Gasteiger partial charge in [0.2, 0.25) is 0 Å². The number of aromatic nitrogens is 1. The average molecular weight is 244 g/mol. The zero-order chi connectivity index (χ0) is 13.3. The lowest BCUT2D eigenvalue weighted by atomic mass is 9.85. The number of halogens is 1. The maximum absolute atomic E-state index is 12.9. The van der Waals surface area contributed by atoms with Crippen LogP contribution in [0.5, 0.6) is 0 Å². The summed E-state index contributed by atoms with van der Waals surface area (Å²) in [5, 5.41) is 0. The van der Waals surface area contributed by atoms with Crippen molar-refractivity contribution in [3.63, 3.8) is 0 Å². The van der Waals surface area contributed by atoms with E-state index in [1.165, 1.54) is 17.8 Å². The minimum atomic E-state index is -0.718. The number of hydrogen-bond acceptors (Lipinski definition) is 2. The number of benzene rings is 1. The molecule has 2 rings (SSSR count). The predicted octanol–water partition coefficient (Wildman–Crippen LogP) is 3.06. The highest BCUT2D eigenvalue weighted by Crippen LogP contribution is 2.28. The molecule has 1 atom stereocenters. The molecule has 1 unspecified atom stereocenters. The molecule has 1 heterocycles. The molecule has 3 heteroatoms. The van der Waals surface area contributed by atoms with E-state index in [4.69, 9.17) is 5.73 Å². The van der Waals surface area contributed by atoms with Gasteiger partial charge in [0, 0.05) is 0 Å². The molecule has 0 spiro atoms. The van der Waals surface area contributed by atoms with Gasteiger partial charge >= 0.3 is 0 Å². The van der Waals surface area contributed by atoms with Crippen LogP contribution in [0.1, 0.15) is 29.3 Å². The van der Waals surface area contributed by atoms with Gasteiger partial charge in [-0.1, -0.05) is 18.2 Å². The fourth-order valence-electron chi connectivity index (χ4n) is 2.13. The van der Waals surface area contributed by atoms with Crippen LogP contribution in [0.3, 0.4) is 0 Å². The van der Waals surface area contributed by atoms with E-state index >= 15 is 0 Å². The standard InChI is InChI=1S/C15H17FN2/c1-10-5-4-6-13(11(10)2)15(3,17)14-8-7-12(16)9-18-14/h4-9H,17H2,1-3H3. The van der Waals surface area contributed by atoms with E-state index < -0.39 is 5.54 Å². The topological polar surface area (TPSA) is 38.9 Å². The average Bonchev–Trinajstić information content (AvgIpc) is 2.33. The molecule has 2 N–H and O–H groups in total. The molecule has 0 amide bonds. The van der Waals surface area contributed by atoms with E-state index in [0.717, 1.165) is 11.1 Å². The molecule has 2 aromatic rings. The van der Waals surface area contributed by atoms with Gasteiger partial charge in [-0.3, -0.25) is 4.98 Å². The molecular weight excluding hydrogens is 227 g/mol. The quantitative estimate of drug-likeness (QED) is 0.881. The highest BCUT2D eigenvalue weighted by molar-refractivity contribution is 5.42. The van der Waals surface area contributed by atoms with Gasteiger partial charge in [-0.05, 0) is 49.6 Å². The van der Waals surface area contributed by atoms with E-state index in [1.807, 2.05) is 39.0 Å². The number of hydrogen-bond donors (Lipinski definition) is 1. The Bertz CT molecular complexity index is 559. The predicted molar refractivity (Wildman–Crippen MR) is 70.8 cm³/mol. The van der Waals surface area contributed by atoms with Crippen LogP contribution in [-0.2, 0) is 5.54 Å². The summed E-state index contributed by atoms with van der Waals surface area (Å²) in [4.78, 5) is 4.10. The summed E-state index contributed by atoms with van der Waals surface area (Å²) in [6, 6.07) is 9.04. The summed E-state index contributed by atoms with van der Waals surface area (Å²) < 4.78 is 12.9. The zero-order valence-corrected chi connectivity index (χ0v) is 10.9. The molecule has 0 bridgehead atoms. The maximum Gasteiger partial charge on any atom is 0.141 e. The van der Waals surface area contributed by atoms with Crippen LogP contribution in [0.2, 0.25) is 0 Å². The monoisotopic (exact) mass is 244 g/mol. The summed E-state index contributed by atoms with van der Waals surface area (Å²) in [5.74, 6) is -0.351. The Kier molecular flexibility index (Phi) is 3.18. The van der Waals surface area contributed by atoms with E-state index in [2.05, 4.69) is 4.98 Å². The largest absolute Gasteiger partial charge is 0.317 e. The molecule has 0 fully saturated rings. The number of aryl methyl sites for hydroxylation is 1. The number of pyridine rings is 1. The highest BCUT2D eigenvalue weighted by atomic mass is 19.1. The molecule has 0 aliphatic carbocycles. The first-order chi connectivity index (χ1) is 8.43. The third-order valence-electron chi connectivity index (χ3n) is 3.42. The summed E-state index contributed by atoms with van der Waals surface area (Å²) in [6.45, 7) is 5.99. The van der Waals surface area contributed by atoms with Crippen LogP contribution in [0, 0.1) is 19.7 Å². The van der Waals surface area contributed by atoms with Crippen LogP contribution in [0.4, 0.5) is 4.39 Å². The van der Waals surface area contributed by atoms with Gasteiger partial charge in [0.25, 0.3) is 0 Å². The van der Waals surface area contributed by atoms with Crippen LogP contribution in [0.15, 0.2) is 36.5 Å². The van der Waals surface area contributed by atoms with Gasteiger partial charge in [-0.2, -0.15) is 0 Å². The Labute approximate surface area is 107 Å². The van der Waals surface area contributed by atoms with Crippen LogP contribution in [0.25, 0.3) is 0 Å². The molecule has 0 aliphatic rings. The number of nitrogens with zero attached hydrogens (tertiary/aromatic N) is 1. The van der Waals surface area contributed by atoms with Crippen molar-refractivity contribution < 1.29 is 4.39 Å². The Morgan fingerprint density at radius 3 is 2.50 bits per heavy atom. The van der Waals surface area contributed by atoms with Crippen molar-refractivity contribution in [1.82, 2.24) is 4.98 Å². The smallest absolute Gasteiger partial charge is 0.141 e. The Morgan fingerprint density at radius 2 is 1.89 bits per heavy atom. The van der Waals surface area contributed by atoms with Crippen molar-refractivity contribution in [3.8, 4) is 0 Å². The van der Waals surface area contributed by atoms with Crippen molar-refractivity contribution in [2.75, 3.05) is 0 Å². The Morgan fingerprint density at radius 1 is 1.17 bits per heavy atom. The minimum absolute atomic E-state index is 0.351. The summed E-state index contributed by atoms with van der Waals surface area (Å²) in [6.07, 6.45) is 1.20. The Hall–Kier alpha value is -1.74. The van der Waals surface area contributed by atoms with E-state index in [1.54, 1.807) is 6.07 Å². The molecule has 94 valence electrons. The van der Waals surface area contributed by atoms with Crippen molar-refractivity contribution in [1.29, 1.82) is 0 Å². The summed E-state index contributed by atoms with van der Waals surface area (Å²) in [7, 11) is 0. The molecule has 0 saturated heterocycles. The van der Waals surface area contributed by atoms with E-state index in [-0.39, 0.29) is 5.82 Å². The van der Waals surface area contributed by atoms with Crippen molar-refractivity contribution in [2.45, 2.75) is 26.3 Å². The van der Waals surface area contributed by atoms with Gasteiger partial charge < -0.3 is 5.73 Å². The third kappa shape index (κ3) is 2.14. The van der Waals surface area contributed by atoms with Gasteiger partial charge in [-0.15, -0.1) is 0 Å². The molecule has 0 saturated carbocycles. The normalized spacial score (nSPS) is 14.3. The van der Waals surface area contributed by atoms with E-state index in [0.29, 0.717) is 5.69 Å². The first kappa shape index (κ1) is 12.7. The maximum atomic E-state index is 12.9. The lowest BCUT2D eigenvalue weighted by Crippen LogP contribution is -2.36. The van der Waals surface area contributed by atoms with Crippen molar-refractivity contribution >= 4 is 0 Å². The molecule has 1 aromatic heterocycles. The fraction of sp³-hybridized carbons (Fsp3) is 0.267. The van der Waals surface area contributed by atoms with Crippen LogP contribution in [-0.4, -0.2) is 4.98 Å². The lowest BCUT2D eigenvalue weighted by molar-refractivity contribution is 0.564. The van der Waals surface area contributed by atoms with Gasteiger partial charge in [0.15, 0.2) is 0 Å². The molecular formula is C15H17FN2. The molecule has 0 aliphatic heterocycles. The van der Waals surface area contributed by atoms with E-state index in [9.17, 15) is 4.39 Å². The van der Waals surface area contributed by atoms with Gasteiger partial charge in [-0.25, -0.2) is 4.39 Å². The van der Waals surface area contributed by atoms with Crippen LogP contribution >= 0.6 is 0 Å². The molecule has 1 aromatic carbocycles. The van der Waals surface area contributed by atoms with Crippen molar-refractivity contribution in [3.05, 3.63) is 64.7 Å². The second-order valence-electron chi connectivity index (χ2n) is 4.81. The van der Waals surface area contributed by atoms with Crippen molar-refractivity contribution in [2.24, 2.45) is 5.73 Å². The van der Waals surface area contributed by atoms with Gasteiger partial charge in [0.1, 0.15) is 5.82 Å². The number of rotatable bonds is 2. The molecule has 0 radical (unpaired) electrons. The molecule has 18 heavy (non-hydrogen) atoms.